The SMILES string of the molecule is OC1CCCc2nc(-c3cn[nH]n3)sc21. The van der Waals surface area contributed by atoms with Crippen molar-refractivity contribution < 1.29 is 5.11 Å². The van der Waals surface area contributed by atoms with E-state index in [4.69, 9.17) is 0 Å². The number of rotatable bonds is 1. The molecule has 0 fully saturated rings. The first kappa shape index (κ1) is 8.99. The van der Waals surface area contributed by atoms with Crippen molar-refractivity contribution in [2.75, 3.05) is 0 Å². The van der Waals surface area contributed by atoms with E-state index in [9.17, 15) is 5.11 Å². The Morgan fingerprint density at radius 1 is 1.53 bits per heavy atom. The van der Waals surface area contributed by atoms with Gasteiger partial charge in [0.2, 0.25) is 0 Å². The van der Waals surface area contributed by atoms with Crippen LogP contribution in [0.2, 0.25) is 0 Å². The predicted molar refractivity (Wildman–Crippen MR) is 55.4 cm³/mol. The van der Waals surface area contributed by atoms with Gasteiger partial charge in [-0.15, -0.1) is 11.3 Å². The third-order valence-electron chi connectivity index (χ3n) is 2.56. The molecule has 1 aliphatic rings. The zero-order valence-corrected chi connectivity index (χ0v) is 8.79. The molecule has 0 saturated carbocycles. The fourth-order valence-electron chi connectivity index (χ4n) is 1.81. The molecule has 0 amide bonds. The summed E-state index contributed by atoms with van der Waals surface area (Å²) in [7, 11) is 0. The Morgan fingerprint density at radius 2 is 2.47 bits per heavy atom. The van der Waals surface area contributed by atoms with Crippen molar-refractivity contribution in [2.45, 2.75) is 25.4 Å². The standard InChI is InChI=1S/C9H10N4OS/c14-7-3-1-2-5-8(7)15-9(11-5)6-4-10-13-12-6/h4,7,14H,1-3H2,(H,10,12,13). The van der Waals surface area contributed by atoms with Crippen LogP contribution in [0.25, 0.3) is 10.7 Å². The van der Waals surface area contributed by atoms with Crippen molar-refractivity contribution in [2.24, 2.45) is 0 Å². The molecule has 1 aliphatic carbocycles. The second kappa shape index (κ2) is 3.39. The second-order valence-electron chi connectivity index (χ2n) is 3.59. The minimum absolute atomic E-state index is 0.341. The molecule has 3 rings (SSSR count). The van der Waals surface area contributed by atoms with Gasteiger partial charge in [0.05, 0.1) is 22.9 Å². The molecule has 2 N–H and O–H groups in total. The molecule has 15 heavy (non-hydrogen) atoms. The highest BCUT2D eigenvalue weighted by atomic mass is 32.1. The number of nitrogens with one attached hydrogen (secondary N) is 1. The summed E-state index contributed by atoms with van der Waals surface area (Å²) in [5.41, 5.74) is 1.78. The lowest BCUT2D eigenvalue weighted by Gasteiger charge is -2.14. The van der Waals surface area contributed by atoms with Crippen molar-refractivity contribution in [3.8, 4) is 10.7 Å². The maximum atomic E-state index is 9.80. The van der Waals surface area contributed by atoms with E-state index in [1.54, 1.807) is 6.20 Å². The highest BCUT2D eigenvalue weighted by Gasteiger charge is 2.23. The quantitative estimate of drug-likeness (QED) is 0.762. The normalized spacial score (nSPS) is 20.2. The van der Waals surface area contributed by atoms with Crippen LogP contribution < -0.4 is 0 Å². The Hall–Kier alpha value is -1.27. The van der Waals surface area contributed by atoms with E-state index in [1.807, 2.05) is 0 Å². The molecule has 0 aromatic carbocycles. The summed E-state index contributed by atoms with van der Waals surface area (Å²) < 4.78 is 0. The van der Waals surface area contributed by atoms with Gasteiger partial charge in [-0.3, -0.25) is 0 Å². The number of hydrogen-bond donors (Lipinski definition) is 2. The molecule has 0 spiro atoms. The molecule has 0 aliphatic heterocycles. The Morgan fingerprint density at radius 3 is 3.20 bits per heavy atom. The van der Waals surface area contributed by atoms with Gasteiger partial charge in [-0.2, -0.15) is 15.4 Å². The molecule has 0 saturated heterocycles. The summed E-state index contributed by atoms with van der Waals surface area (Å²) in [6.45, 7) is 0. The summed E-state index contributed by atoms with van der Waals surface area (Å²) in [4.78, 5) is 5.48. The third-order valence-corrected chi connectivity index (χ3v) is 3.78. The minimum atomic E-state index is -0.341. The molecule has 1 atom stereocenters. The van der Waals surface area contributed by atoms with Gasteiger partial charge in [0, 0.05) is 0 Å². The molecule has 2 aromatic rings. The maximum Gasteiger partial charge on any atom is 0.146 e. The van der Waals surface area contributed by atoms with Gasteiger partial charge in [0.15, 0.2) is 0 Å². The van der Waals surface area contributed by atoms with Crippen LogP contribution in [0.4, 0.5) is 0 Å². The number of fused-ring (bicyclic) bond motifs is 1. The van der Waals surface area contributed by atoms with Crippen molar-refractivity contribution in [1.29, 1.82) is 0 Å². The summed E-state index contributed by atoms with van der Waals surface area (Å²) in [6, 6.07) is 0. The minimum Gasteiger partial charge on any atom is -0.388 e. The average Bonchev–Trinajstić information content (AvgIpc) is 2.86. The monoisotopic (exact) mass is 222 g/mol. The van der Waals surface area contributed by atoms with Crippen molar-refractivity contribution >= 4 is 11.3 Å². The average molecular weight is 222 g/mol. The number of H-pyrrole nitrogens is 1. The lowest BCUT2D eigenvalue weighted by Crippen LogP contribution is -2.06. The molecule has 1 unspecified atom stereocenters. The number of aromatic amines is 1. The van der Waals surface area contributed by atoms with Gasteiger partial charge in [0.1, 0.15) is 10.7 Å². The van der Waals surface area contributed by atoms with Crippen LogP contribution in [0.15, 0.2) is 6.20 Å². The van der Waals surface area contributed by atoms with Gasteiger partial charge in [-0.1, -0.05) is 0 Å². The van der Waals surface area contributed by atoms with Crippen LogP contribution in [0.3, 0.4) is 0 Å². The Balaban J connectivity index is 2.06. The molecular weight excluding hydrogens is 212 g/mol. The number of aliphatic hydroxyl groups is 1. The number of thiazole rings is 1. The highest BCUT2D eigenvalue weighted by Crippen LogP contribution is 2.36. The van der Waals surface area contributed by atoms with E-state index in [-0.39, 0.29) is 6.10 Å². The molecule has 2 aromatic heterocycles. The first-order chi connectivity index (χ1) is 7.34. The fourth-order valence-corrected chi connectivity index (χ4v) is 2.90. The van der Waals surface area contributed by atoms with Crippen molar-refractivity contribution in [3.63, 3.8) is 0 Å². The van der Waals surface area contributed by atoms with E-state index in [2.05, 4.69) is 20.4 Å². The van der Waals surface area contributed by atoms with Gasteiger partial charge < -0.3 is 5.11 Å². The number of nitrogens with zero attached hydrogens (tertiary/aromatic N) is 3. The molecule has 6 heteroatoms. The van der Waals surface area contributed by atoms with Crippen molar-refractivity contribution in [1.82, 2.24) is 20.4 Å². The van der Waals surface area contributed by atoms with Crippen LogP contribution in [-0.4, -0.2) is 25.5 Å². The molecule has 2 heterocycles. The van der Waals surface area contributed by atoms with Crippen LogP contribution in [0.1, 0.15) is 29.5 Å². The summed E-state index contributed by atoms with van der Waals surface area (Å²) in [5.74, 6) is 0. The van der Waals surface area contributed by atoms with Gasteiger partial charge in [-0.05, 0) is 19.3 Å². The van der Waals surface area contributed by atoms with Crippen molar-refractivity contribution in [3.05, 3.63) is 16.8 Å². The summed E-state index contributed by atoms with van der Waals surface area (Å²) >= 11 is 1.52. The Kier molecular flexibility index (Phi) is 2.03. The van der Waals surface area contributed by atoms with E-state index < -0.39 is 0 Å². The molecular formula is C9H10N4OS. The molecule has 0 radical (unpaired) electrons. The van der Waals surface area contributed by atoms with E-state index in [0.717, 1.165) is 40.5 Å². The van der Waals surface area contributed by atoms with Crippen LogP contribution >= 0.6 is 11.3 Å². The summed E-state index contributed by atoms with van der Waals surface area (Å²) in [5, 5.41) is 20.9. The first-order valence-corrected chi connectivity index (χ1v) is 5.70. The third kappa shape index (κ3) is 1.46. The number of aryl methyl sites for hydroxylation is 1. The zero-order chi connectivity index (χ0) is 10.3. The fraction of sp³-hybridized carbons (Fsp3) is 0.444. The Labute approximate surface area is 90.2 Å². The zero-order valence-electron chi connectivity index (χ0n) is 7.97. The topological polar surface area (TPSA) is 74.7 Å². The maximum absolute atomic E-state index is 9.80. The second-order valence-corrected chi connectivity index (χ2v) is 4.62. The predicted octanol–water partition coefficient (Wildman–Crippen LogP) is 1.30. The van der Waals surface area contributed by atoms with Gasteiger partial charge in [0.25, 0.3) is 0 Å². The molecule has 0 bridgehead atoms. The van der Waals surface area contributed by atoms with E-state index >= 15 is 0 Å². The summed E-state index contributed by atoms with van der Waals surface area (Å²) in [6.07, 6.45) is 4.12. The van der Waals surface area contributed by atoms with Gasteiger partial charge in [-0.25, -0.2) is 4.98 Å². The number of aromatic nitrogens is 4. The number of aliphatic hydroxyl groups excluding tert-OH is 1. The van der Waals surface area contributed by atoms with Crippen LogP contribution in [0, 0.1) is 0 Å². The lowest BCUT2D eigenvalue weighted by atomic mass is 10.0. The molecule has 78 valence electrons. The molecule has 5 nitrogen and oxygen atoms in total. The smallest absolute Gasteiger partial charge is 0.146 e. The highest BCUT2D eigenvalue weighted by molar-refractivity contribution is 7.15. The van der Waals surface area contributed by atoms with Gasteiger partial charge >= 0.3 is 0 Å². The lowest BCUT2D eigenvalue weighted by molar-refractivity contribution is 0.160. The van der Waals surface area contributed by atoms with E-state index in [1.165, 1.54) is 11.3 Å². The Bertz CT molecular complexity index is 464. The largest absolute Gasteiger partial charge is 0.388 e. The first-order valence-electron chi connectivity index (χ1n) is 4.88. The van der Waals surface area contributed by atoms with Crippen LogP contribution in [-0.2, 0) is 6.42 Å². The van der Waals surface area contributed by atoms with Crippen LogP contribution in [0.5, 0.6) is 0 Å². The van der Waals surface area contributed by atoms with E-state index in [0.29, 0.717) is 0 Å². The number of hydrogen-bond acceptors (Lipinski definition) is 5.